The molecule has 9 nitrogen and oxygen atoms in total. The summed E-state index contributed by atoms with van der Waals surface area (Å²) in [7, 11) is 1.62. The minimum atomic E-state index is -0.258. The van der Waals surface area contributed by atoms with E-state index in [0.29, 0.717) is 29.9 Å². The van der Waals surface area contributed by atoms with Gasteiger partial charge in [-0.2, -0.15) is 4.80 Å². The Morgan fingerprint density at radius 1 is 1.18 bits per heavy atom. The number of aryl methyl sites for hydroxylation is 1. The average Bonchev–Trinajstić information content (AvgIpc) is 3.31. The number of rotatable bonds is 8. The van der Waals surface area contributed by atoms with Crippen molar-refractivity contribution in [1.82, 2.24) is 30.5 Å². The first kappa shape index (κ1) is 22.8. The van der Waals surface area contributed by atoms with Gasteiger partial charge in [-0.05, 0) is 86.0 Å². The summed E-state index contributed by atoms with van der Waals surface area (Å²) in [5, 5.41) is 15.9. The van der Waals surface area contributed by atoms with Crippen LogP contribution in [0.25, 0.3) is 11.4 Å². The summed E-state index contributed by atoms with van der Waals surface area (Å²) >= 11 is 0. The fraction of sp³-hybridized carbons (Fsp3) is 0.458. The van der Waals surface area contributed by atoms with E-state index in [4.69, 9.17) is 10.5 Å². The van der Waals surface area contributed by atoms with Crippen molar-refractivity contribution < 1.29 is 9.53 Å². The maximum atomic E-state index is 12.8. The van der Waals surface area contributed by atoms with Crippen molar-refractivity contribution in [2.24, 2.45) is 17.6 Å². The second kappa shape index (κ2) is 10.5. The topological polar surface area (TPSA) is 121 Å². The highest BCUT2D eigenvalue weighted by atomic mass is 16.5. The van der Waals surface area contributed by atoms with Crippen LogP contribution >= 0.6 is 0 Å². The van der Waals surface area contributed by atoms with Crippen LogP contribution in [0.3, 0.4) is 0 Å². The lowest BCUT2D eigenvalue weighted by atomic mass is 9.82. The number of hydrogen-bond acceptors (Lipinski definition) is 7. The van der Waals surface area contributed by atoms with Gasteiger partial charge >= 0.3 is 0 Å². The number of pyridine rings is 1. The molecule has 1 aliphatic rings. The van der Waals surface area contributed by atoms with Gasteiger partial charge in [0.25, 0.3) is 5.91 Å². The fourth-order valence-corrected chi connectivity index (χ4v) is 4.29. The molecule has 1 saturated carbocycles. The Morgan fingerprint density at radius 2 is 1.97 bits per heavy atom. The van der Waals surface area contributed by atoms with Gasteiger partial charge in [0.15, 0.2) is 0 Å². The van der Waals surface area contributed by atoms with Gasteiger partial charge in [-0.25, -0.2) is 4.98 Å². The molecule has 1 aliphatic carbocycles. The lowest BCUT2D eigenvalue weighted by Crippen LogP contribution is -2.24. The molecule has 0 atom stereocenters. The van der Waals surface area contributed by atoms with E-state index in [9.17, 15) is 4.79 Å². The molecule has 4 rings (SSSR count). The SMILES string of the molecule is COc1cccc(CNC(=O)c2cc(-c3nnn(CC4CCC(CN)CC4)n3)cc(C)n2)c1. The maximum absolute atomic E-state index is 12.8. The molecule has 0 bridgehead atoms. The number of carbonyl (C=O) groups is 1. The van der Waals surface area contributed by atoms with Gasteiger partial charge in [0.1, 0.15) is 11.4 Å². The van der Waals surface area contributed by atoms with E-state index in [2.05, 4.69) is 25.7 Å². The Labute approximate surface area is 193 Å². The molecule has 0 aliphatic heterocycles. The summed E-state index contributed by atoms with van der Waals surface area (Å²) in [6.07, 6.45) is 4.62. The summed E-state index contributed by atoms with van der Waals surface area (Å²) in [6.45, 7) is 3.75. The molecule has 0 radical (unpaired) electrons. The van der Waals surface area contributed by atoms with Crippen LogP contribution in [-0.2, 0) is 13.1 Å². The van der Waals surface area contributed by atoms with Crippen LogP contribution < -0.4 is 15.8 Å². The molecule has 2 aromatic heterocycles. The molecular formula is C24H31N7O2. The van der Waals surface area contributed by atoms with Crippen molar-refractivity contribution in [2.75, 3.05) is 13.7 Å². The molecule has 3 aromatic rings. The van der Waals surface area contributed by atoms with Crippen LogP contribution in [0.5, 0.6) is 5.75 Å². The monoisotopic (exact) mass is 449 g/mol. The van der Waals surface area contributed by atoms with Crippen molar-refractivity contribution in [2.45, 2.75) is 45.7 Å². The molecule has 0 spiro atoms. The number of nitrogens with one attached hydrogen (secondary N) is 1. The molecule has 2 heterocycles. The van der Waals surface area contributed by atoms with Gasteiger partial charge in [-0.15, -0.1) is 10.2 Å². The Balaban J connectivity index is 1.41. The van der Waals surface area contributed by atoms with Gasteiger partial charge in [0.2, 0.25) is 5.82 Å². The van der Waals surface area contributed by atoms with E-state index in [0.717, 1.165) is 48.5 Å². The molecule has 3 N–H and O–H groups in total. The lowest BCUT2D eigenvalue weighted by molar-refractivity contribution is 0.0945. The summed E-state index contributed by atoms with van der Waals surface area (Å²) in [6, 6.07) is 11.2. The number of ether oxygens (including phenoxy) is 1. The fourth-order valence-electron chi connectivity index (χ4n) is 4.29. The highest BCUT2D eigenvalue weighted by Gasteiger charge is 2.22. The third kappa shape index (κ3) is 5.92. The number of carbonyl (C=O) groups excluding carboxylic acids is 1. The summed E-state index contributed by atoms with van der Waals surface area (Å²) < 4.78 is 5.23. The number of benzene rings is 1. The smallest absolute Gasteiger partial charge is 0.270 e. The first-order chi connectivity index (χ1) is 16.0. The quantitative estimate of drug-likeness (QED) is 0.542. The number of methoxy groups -OCH3 is 1. The number of aromatic nitrogens is 5. The molecule has 1 amide bonds. The zero-order valence-corrected chi connectivity index (χ0v) is 19.2. The third-order valence-corrected chi connectivity index (χ3v) is 6.21. The predicted octanol–water partition coefficient (Wildman–Crippen LogP) is 2.75. The number of nitrogens with two attached hydrogens (primary N) is 1. The Kier molecular flexibility index (Phi) is 7.29. The first-order valence-electron chi connectivity index (χ1n) is 11.4. The van der Waals surface area contributed by atoms with Gasteiger partial charge in [-0.3, -0.25) is 4.79 Å². The molecule has 1 fully saturated rings. The predicted molar refractivity (Wildman–Crippen MR) is 124 cm³/mol. The summed E-state index contributed by atoms with van der Waals surface area (Å²) in [5.41, 5.74) is 8.51. The van der Waals surface area contributed by atoms with E-state index in [1.54, 1.807) is 18.0 Å². The van der Waals surface area contributed by atoms with E-state index < -0.39 is 0 Å². The van der Waals surface area contributed by atoms with Gasteiger partial charge < -0.3 is 15.8 Å². The van der Waals surface area contributed by atoms with E-state index >= 15 is 0 Å². The lowest BCUT2D eigenvalue weighted by Gasteiger charge is -2.26. The second-order valence-electron chi connectivity index (χ2n) is 8.71. The van der Waals surface area contributed by atoms with Crippen LogP contribution in [0.4, 0.5) is 0 Å². The normalized spacial score (nSPS) is 18.2. The van der Waals surface area contributed by atoms with Crippen LogP contribution in [-0.4, -0.2) is 44.8 Å². The van der Waals surface area contributed by atoms with E-state index in [1.807, 2.05) is 37.3 Å². The summed E-state index contributed by atoms with van der Waals surface area (Å²) in [4.78, 5) is 18.8. The highest BCUT2D eigenvalue weighted by Crippen LogP contribution is 2.29. The van der Waals surface area contributed by atoms with E-state index in [1.165, 1.54) is 12.8 Å². The molecule has 1 aromatic carbocycles. The number of hydrogen-bond donors (Lipinski definition) is 2. The van der Waals surface area contributed by atoms with Crippen molar-refractivity contribution in [3.63, 3.8) is 0 Å². The van der Waals surface area contributed by atoms with Crippen LogP contribution in [0.2, 0.25) is 0 Å². The largest absolute Gasteiger partial charge is 0.497 e. The third-order valence-electron chi connectivity index (χ3n) is 6.21. The standard InChI is InChI=1S/C24H31N7O2/c1-16-10-20(23-28-30-31(29-23)15-18-8-6-17(13-25)7-9-18)12-22(27-16)24(32)26-14-19-4-3-5-21(11-19)33-2/h3-5,10-12,17-18H,6-9,13-15,25H2,1-2H3,(H,26,32). The van der Waals surface area contributed by atoms with Gasteiger partial charge in [0.05, 0.1) is 13.7 Å². The van der Waals surface area contributed by atoms with Crippen molar-refractivity contribution in [3.05, 3.63) is 53.3 Å². The average molecular weight is 450 g/mol. The van der Waals surface area contributed by atoms with Crippen LogP contribution in [0.15, 0.2) is 36.4 Å². The van der Waals surface area contributed by atoms with Crippen molar-refractivity contribution >= 4 is 5.91 Å². The van der Waals surface area contributed by atoms with E-state index in [-0.39, 0.29) is 5.91 Å². The first-order valence-corrected chi connectivity index (χ1v) is 11.4. The molecule has 0 saturated heterocycles. The molecule has 0 unspecified atom stereocenters. The number of nitrogens with zero attached hydrogens (tertiary/aromatic N) is 5. The summed E-state index contributed by atoms with van der Waals surface area (Å²) in [5.74, 6) is 2.19. The molecule has 174 valence electrons. The minimum absolute atomic E-state index is 0.258. The number of amides is 1. The van der Waals surface area contributed by atoms with Crippen LogP contribution in [0, 0.1) is 18.8 Å². The number of tetrazole rings is 1. The Hall–Kier alpha value is -3.33. The highest BCUT2D eigenvalue weighted by molar-refractivity contribution is 5.93. The van der Waals surface area contributed by atoms with Crippen LogP contribution in [0.1, 0.15) is 47.4 Å². The van der Waals surface area contributed by atoms with Crippen molar-refractivity contribution in [3.8, 4) is 17.1 Å². The zero-order valence-electron chi connectivity index (χ0n) is 19.2. The maximum Gasteiger partial charge on any atom is 0.270 e. The molecule has 9 heteroatoms. The Morgan fingerprint density at radius 3 is 2.73 bits per heavy atom. The van der Waals surface area contributed by atoms with Gasteiger partial charge in [-0.1, -0.05) is 12.1 Å². The van der Waals surface area contributed by atoms with Crippen molar-refractivity contribution in [1.29, 1.82) is 0 Å². The molecular weight excluding hydrogens is 418 g/mol. The minimum Gasteiger partial charge on any atom is -0.497 e. The molecule has 33 heavy (non-hydrogen) atoms. The Bertz CT molecular complexity index is 1090. The zero-order chi connectivity index (χ0) is 23.2. The van der Waals surface area contributed by atoms with Gasteiger partial charge in [0, 0.05) is 17.8 Å². The second-order valence-corrected chi connectivity index (χ2v) is 8.71.